The Morgan fingerprint density at radius 2 is 0.818 bits per heavy atom. The molecule has 1 heterocycles. The van der Waals surface area contributed by atoms with E-state index < -0.39 is 5.41 Å². The Bertz CT molecular complexity index is 4510. The molecule has 0 N–H and O–H groups in total. The van der Waals surface area contributed by atoms with E-state index in [0.717, 1.165) is 72.4 Å². The Morgan fingerprint density at radius 3 is 1.60 bits per heavy atom. The SMILES string of the molecule is c1ccc(C2(c3ccccc3)c3ccccc3-c3ccc(-c4cccc(N(c5ccc(-c6ccc(-c7ccc8ccccc8c7)cc6)cc5)c5ccc(-c6cccc7ccccc67)c6oc7ccccc7c56)c4)cc32)cc1. The van der Waals surface area contributed by atoms with Gasteiger partial charge < -0.3 is 9.32 Å². The first-order valence-electron chi connectivity index (χ1n) is 26.6. The van der Waals surface area contributed by atoms with E-state index in [1.807, 2.05) is 0 Å². The Balaban J connectivity index is 0.898. The van der Waals surface area contributed by atoms with E-state index in [0.29, 0.717) is 0 Å². The Hall–Kier alpha value is -10.0. The van der Waals surface area contributed by atoms with Crippen molar-refractivity contribution in [3.8, 4) is 55.6 Å². The molecule has 0 bridgehead atoms. The first-order valence-corrected chi connectivity index (χ1v) is 26.6. The largest absolute Gasteiger partial charge is 0.455 e. The summed E-state index contributed by atoms with van der Waals surface area (Å²) in [7, 11) is 0. The minimum Gasteiger partial charge on any atom is -0.455 e. The second kappa shape index (κ2) is 18.1. The molecule has 0 fully saturated rings. The van der Waals surface area contributed by atoms with E-state index in [1.54, 1.807) is 0 Å². The van der Waals surface area contributed by atoms with Crippen molar-refractivity contribution < 1.29 is 4.42 Å². The minimum atomic E-state index is -0.508. The van der Waals surface area contributed by atoms with Crippen LogP contribution in [0, 0.1) is 0 Å². The third kappa shape index (κ3) is 7.25. The molecule has 0 aliphatic heterocycles. The highest BCUT2D eigenvalue weighted by Gasteiger charge is 2.46. The molecule has 0 radical (unpaired) electrons. The molecule has 2 heteroatoms. The highest BCUT2D eigenvalue weighted by atomic mass is 16.3. The van der Waals surface area contributed by atoms with Crippen LogP contribution in [0.4, 0.5) is 17.1 Å². The maximum atomic E-state index is 7.02. The third-order valence-corrected chi connectivity index (χ3v) is 16.1. The maximum Gasteiger partial charge on any atom is 0.145 e. The molecule has 0 amide bonds. The van der Waals surface area contributed by atoms with E-state index >= 15 is 0 Å². The van der Waals surface area contributed by atoms with Crippen molar-refractivity contribution in [1.29, 1.82) is 0 Å². The molecular formula is C75H49NO. The van der Waals surface area contributed by atoms with E-state index in [-0.39, 0.29) is 0 Å². The van der Waals surface area contributed by atoms with Gasteiger partial charge in [-0.2, -0.15) is 0 Å². The van der Waals surface area contributed by atoms with E-state index in [4.69, 9.17) is 4.42 Å². The number of fused-ring (bicyclic) bond motifs is 8. The highest BCUT2D eigenvalue weighted by Crippen LogP contribution is 2.57. The van der Waals surface area contributed by atoms with Gasteiger partial charge in [0.15, 0.2) is 0 Å². The zero-order chi connectivity index (χ0) is 50.9. The van der Waals surface area contributed by atoms with Gasteiger partial charge in [0, 0.05) is 22.3 Å². The van der Waals surface area contributed by atoms with Crippen molar-refractivity contribution >= 4 is 60.5 Å². The molecule has 1 aliphatic rings. The summed E-state index contributed by atoms with van der Waals surface area (Å²) >= 11 is 0. The fraction of sp³-hybridized carbons (Fsp3) is 0.0133. The molecule has 0 saturated heterocycles. The van der Waals surface area contributed by atoms with Gasteiger partial charge in [0.05, 0.1) is 16.5 Å². The lowest BCUT2D eigenvalue weighted by molar-refractivity contribution is 0.670. The smallest absolute Gasteiger partial charge is 0.145 e. The van der Waals surface area contributed by atoms with Crippen LogP contribution in [0.3, 0.4) is 0 Å². The number of para-hydroxylation sites is 1. The quantitative estimate of drug-likeness (QED) is 0.143. The highest BCUT2D eigenvalue weighted by molar-refractivity contribution is 6.18. The van der Waals surface area contributed by atoms with Crippen LogP contribution in [0.25, 0.3) is 99.1 Å². The summed E-state index contributed by atoms with van der Waals surface area (Å²) in [6.07, 6.45) is 0. The first-order chi connectivity index (χ1) is 38.2. The summed E-state index contributed by atoms with van der Waals surface area (Å²) < 4.78 is 7.02. The summed E-state index contributed by atoms with van der Waals surface area (Å²) in [5, 5.41) is 7.02. The fourth-order valence-corrected chi connectivity index (χ4v) is 12.6. The molecule has 0 unspecified atom stereocenters. The van der Waals surface area contributed by atoms with Crippen LogP contribution in [0.15, 0.2) is 302 Å². The lowest BCUT2D eigenvalue weighted by atomic mass is 9.67. The van der Waals surface area contributed by atoms with Gasteiger partial charge in [-0.15, -0.1) is 0 Å². The van der Waals surface area contributed by atoms with Gasteiger partial charge in [0.25, 0.3) is 0 Å². The Labute approximate surface area is 448 Å². The molecule has 13 aromatic carbocycles. The van der Waals surface area contributed by atoms with Crippen molar-refractivity contribution in [2.75, 3.05) is 4.90 Å². The predicted molar refractivity (Wildman–Crippen MR) is 322 cm³/mol. The topological polar surface area (TPSA) is 16.4 Å². The van der Waals surface area contributed by atoms with Gasteiger partial charge in [-0.1, -0.05) is 243 Å². The normalized spacial score (nSPS) is 12.5. The molecule has 77 heavy (non-hydrogen) atoms. The fourth-order valence-electron chi connectivity index (χ4n) is 12.6. The molecule has 15 rings (SSSR count). The van der Waals surface area contributed by atoms with Crippen molar-refractivity contribution in [3.05, 3.63) is 320 Å². The van der Waals surface area contributed by atoms with Crippen LogP contribution < -0.4 is 4.90 Å². The molecule has 2 nitrogen and oxygen atoms in total. The molecular weight excluding hydrogens is 931 g/mol. The van der Waals surface area contributed by atoms with Crippen molar-refractivity contribution in [2.24, 2.45) is 0 Å². The van der Waals surface area contributed by atoms with Crippen LogP contribution in [-0.4, -0.2) is 0 Å². The van der Waals surface area contributed by atoms with Crippen LogP contribution in [0.1, 0.15) is 22.3 Å². The maximum absolute atomic E-state index is 7.02. The molecule has 0 spiro atoms. The molecule has 1 aromatic heterocycles. The van der Waals surface area contributed by atoms with Gasteiger partial charge in [-0.3, -0.25) is 0 Å². The Kier molecular flexibility index (Phi) is 10.5. The van der Waals surface area contributed by atoms with Crippen LogP contribution in [-0.2, 0) is 5.41 Å². The van der Waals surface area contributed by atoms with Crippen LogP contribution >= 0.6 is 0 Å². The average molecular weight is 980 g/mol. The van der Waals surface area contributed by atoms with Gasteiger partial charge in [0.2, 0.25) is 0 Å². The number of furan rings is 1. The summed E-state index contributed by atoms with van der Waals surface area (Å²) in [4.78, 5) is 2.43. The predicted octanol–water partition coefficient (Wildman–Crippen LogP) is 20.4. The molecule has 1 aliphatic carbocycles. The lowest BCUT2D eigenvalue weighted by Gasteiger charge is -2.34. The number of rotatable bonds is 9. The van der Waals surface area contributed by atoms with E-state index in [1.165, 1.54) is 66.1 Å². The van der Waals surface area contributed by atoms with Gasteiger partial charge in [0.1, 0.15) is 11.2 Å². The van der Waals surface area contributed by atoms with Gasteiger partial charge >= 0.3 is 0 Å². The Morgan fingerprint density at radius 1 is 0.286 bits per heavy atom. The molecule has 360 valence electrons. The van der Waals surface area contributed by atoms with Crippen LogP contribution in [0.5, 0.6) is 0 Å². The zero-order valence-electron chi connectivity index (χ0n) is 42.1. The van der Waals surface area contributed by atoms with Crippen molar-refractivity contribution in [2.45, 2.75) is 5.41 Å². The van der Waals surface area contributed by atoms with Crippen LogP contribution in [0.2, 0.25) is 0 Å². The van der Waals surface area contributed by atoms with Crippen molar-refractivity contribution in [1.82, 2.24) is 0 Å². The summed E-state index contributed by atoms with van der Waals surface area (Å²) in [5.74, 6) is 0. The number of hydrogen-bond donors (Lipinski definition) is 0. The monoisotopic (exact) mass is 979 g/mol. The molecule has 14 aromatic rings. The second-order valence-electron chi connectivity index (χ2n) is 20.3. The van der Waals surface area contributed by atoms with E-state index in [2.05, 4.69) is 302 Å². The summed E-state index contributed by atoms with van der Waals surface area (Å²) in [6.45, 7) is 0. The first kappa shape index (κ1) is 44.5. The summed E-state index contributed by atoms with van der Waals surface area (Å²) in [5.41, 5.74) is 21.2. The average Bonchev–Trinajstić information content (AvgIpc) is 4.23. The molecule has 0 atom stereocenters. The number of nitrogens with zero attached hydrogens (tertiary/aromatic N) is 1. The zero-order valence-corrected chi connectivity index (χ0v) is 42.1. The van der Waals surface area contributed by atoms with E-state index in [9.17, 15) is 0 Å². The lowest BCUT2D eigenvalue weighted by Crippen LogP contribution is -2.28. The second-order valence-corrected chi connectivity index (χ2v) is 20.3. The third-order valence-electron chi connectivity index (χ3n) is 16.1. The van der Waals surface area contributed by atoms with Gasteiger partial charge in [-0.05, 0) is 148 Å². The van der Waals surface area contributed by atoms with Crippen molar-refractivity contribution in [3.63, 3.8) is 0 Å². The standard InChI is InChI=1S/C75H49NO/c1-3-22-59(23-4-1)75(60-24-5-2-6-25-60)69-31-13-11-28-65(69)66-44-41-58(49-70(66)75)56-21-15-26-62(48-56)76(61-42-39-52(40-43-61)51-33-35-53(36-34-51)57-38-37-50-17-7-8-19-55(50)47-57)71-46-45-67(64-30-16-20-54-18-9-10-27-63(54)64)74-73(71)68-29-12-14-32-72(68)77-74/h1-49H. The number of anilines is 3. The minimum absolute atomic E-state index is 0.508. The molecule has 0 saturated carbocycles. The number of hydrogen-bond acceptors (Lipinski definition) is 2. The van der Waals surface area contributed by atoms with Gasteiger partial charge in [-0.25, -0.2) is 0 Å². The summed E-state index contributed by atoms with van der Waals surface area (Å²) in [6, 6.07) is 109. The number of benzene rings is 13.